The van der Waals surface area contributed by atoms with Gasteiger partial charge in [-0.2, -0.15) is 0 Å². The van der Waals surface area contributed by atoms with Gasteiger partial charge in [0.05, 0.1) is 7.11 Å². The van der Waals surface area contributed by atoms with E-state index in [0.29, 0.717) is 13.1 Å². The van der Waals surface area contributed by atoms with Gasteiger partial charge in [-0.1, -0.05) is 42.0 Å². The minimum atomic E-state index is -0.0581. The second kappa shape index (κ2) is 9.98. The first-order chi connectivity index (χ1) is 14.4. The summed E-state index contributed by atoms with van der Waals surface area (Å²) in [6.45, 7) is 4.18. The predicted molar refractivity (Wildman–Crippen MR) is 122 cm³/mol. The lowest BCUT2D eigenvalue weighted by Gasteiger charge is -2.42. The van der Waals surface area contributed by atoms with Gasteiger partial charge >= 0.3 is 6.03 Å². The Bertz CT molecular complexity index is 835. The normalized spacial score (nSPS) is 20.7. The standard InChI is InChI=1S/C25H35N3O2/c1-20-8-7-9-22(18-20)25(27(2)3)14-5-6-17-28(24(29)26-16-15-25)19-21-10-12-23(30-4)13-11-21/h7-13,18H,5-6,14-17,19H2,1-4H3,(H,26,29). The molecule has 2 aromatic rings. The molecule has 30 heavy (non-hydrogen) atoms. The van der Waals surface area contributed by atoms with Gasteiger partial charge in [0.15, 0.2) is 0 Å². The molecule has 0 spiro atoms. The number of hydrogen-bond acceptors (Lipinski definition) is 3. The van der Waals surface area contributed by atoms with Crippen LogP contribution in [-0.2, 0) is 12.1 Å². The van der Waals surface area contributed by atoms with Crippen molar-refractivity contribution in [2.45, 2.75) is 44.7 Å². The van der Waals surface area contributed by atoms with E-state index in [1.165, 1.54) is 11.1 Å². The molecule has 1 fully saturated rings. The van der Waals surface area contributed by atoms with Gasteiger partial charge in [0.2, 0.25) is 0 Å². The summed E-state index contributed by atoms with van der Waals surface area (Å²) in [5.74, 6) is 0.834. The highest BCUT2D eigenvalue weighted by molar-refractivity contribution is 5.74. The van der Waals surface area contributed by atoms with E-state index >= 15 is 0 Å². The molecular weight excluding hydrogens is 374 g/mol. The van der Waals surface area contributed by atoms with Crippen LogP contribution < -0.4 is 10.1 Å². The van der Waals surface area contributed by atoms with E-state index in [2.05, 4.69) is 55.5 Å². The fourth-order valence-electron chi connectivity index (χ4n) is 4.47. The Morgan fingerprint density at radius 1 is 1.10 bits per heavy atom. The molecule has 0 radical (unpaired) electrons. The summed E-state index contributed by atoms with van der Waals surface area (Å²) < 4.78 is 5.23. The third-order valence-corrected chi connectivity index (χ3v) is 6.31. The van der Waals surface area contributed by atoms with E-state index in [4.69, 9.17) is 4.74 Å². The monoisotopic (exact) mass is 409 g/mol. The molecule has 0 aromatic heterocycles. The zero-order valence-corrected chi connectivity index (χ0v) is 18.8. The first-order valence-electron chi connectivity index (χ1n) is 10.8. The number of carbonyl (C=O) groups excluding carboxylic acids is 1. The smallest absolute Gasteiger partial charge is 0.317 e. The Morgan fingerprint density at radius 3 is 2.53 bits per heavy atom. The number of rotatable bonds is 5. The maximum atomic E-state index is 12.9. The van der Waals surface area contributed by atoms with E-state index in [-0.39, 0.29) is 11.6 Å². The van der Waals surface area contributed by atoms with Crippen LogP contribution >= 0.6 is 0 Å². The molecule has 1 atom stereocenters. The Balaban J connectivity index is 1.72. The number of aryl methyl sites for hydroxylation is 1. The fraction of sp³-hybridized carbons (Fsp3) is 0.480. The quantitative estimate of drug-likeness (QED) is 0.788. The topological polar surface area (TPSA) is 44.8 Å². The molecule has 2 aromatic carbocycles. The van der Waals surface area contributed by atoms with Gasteiger partial charge in [-0.05, 0) is 70.0 Å². The molecule has 5 heteroatoms. The van der Waals surface area contributed by atoms with Crippen molar-refractivity contribution in [3.63, 3.8) is 0 Å². The molecule has 162 valence electrons. The van der Waals surface area contributed by atoms with Crippen molar-refractivity contribution in [3.05, 3.63) is 65.2 Å². The molecule has 1 aliphatic rings. The van der Waals surface area contributed by atoms with Crippen molar-refractivity contribution in [2.24, 2.45) is 0 Å². The molecule has 0 bridgehead atoms. The van der Waals surface area contributed by atoms with Crippen LogP contribution in [0.3, 0.4) is 0 Å². The highest BCUT2D eigenvalue weighted by Crippen LogP contribution is 2.36. The number of urea groups is 1. The summed E-state index contributed by atoms with van der Waals surface area (Å²) in [5.41, 5.74) is 3.68. The molecule has 1 aliphatic heterocycles. The zero-order chi connectivity index (χ0) is 21.6. The van der Waals surface area contributed by atoms with E-state index in [1.54, 1.807) is 7.11 Å². The molecule has 3 rings (SSSR count). The molecule has 1 N–H and O–H groups in total. The van der Waals surface area contributed by atoms with Crippen LogP contribution in [0, 0.1) is 6.92 Å². The molecule has 0 aliphatic carbocycles. The van der Waals surface area contributed by atoms with Gasteiger partial charge in [-0.25, -0.2) is 4.79 Å². The Morgan fingerprint density at radius 2 is 1.87 bits per heavy atom. The largest absolute Gasteiger partial charge is 0.497 e. The van der Waals surface area contributed by atoms with Crippen LogP contribution in [0.15, 0.2) is 48.5 Å². The Hall–Kier alpha value is -2.53. The van der Waals surface area contributed by atoms with Crippen LogP contribution in [0.25, 0.3) is 0 Å². The first kappa shape index (κ1) is 22.2. The minimum Gasteiger partial charge on any atom is -0.497 e. The van der Waals surface area contributed by atoms with Gasteiger partial charge in [-0.3, -0.25) is 4.90 Å². The van der Waals surface area contributed by atoms with Crippen molar-refractivity contribution in [1.82, 2.24) is 15.1 Å². The molecule has 1 unspecified atom stereocenters. The molecule has 2 amide bonds. The number of amides is 2. The molecular formula is C25H35N3O2. The van der Waals surface area contributed by atoms with E-state index in [1.807, 2.05) is 29.2 Å². The van der Waals surface area contributed by atoms with Crippen molar-refractivity contribution in [1.29, 1.82) is 0 Å². The van der Waals surface area contributed by atoms with Crippen LogP contribution in [-0.4, -0.2) is 50.1 Å². The second-order valence-electron chi connectivity index (χ2n) is 8.50. The minimum absolute atomic E-state index is 0.0182. The maximum Gasteiger partial charge on any atom is 0.317 e. The van der Waals surface area contributed by atoms with Crippen molar-refractivity contribution >= 4 is 6.03 Å². The lowest BCUT2D eigenvalue weighted by molar-refractivity contribution is 0.114. The van der Waals surface area contributed by atoms with E-state index in [9.17, 15) is 4.79 Å². The number of nitrogens with one attached hydrogen (secondary N) is 1. The van der Waals surface area contributed by atoms with Crippen LogP contribution in [0.2, 0.25) is 0 Å². The highest BCUT2D eigenvalue weighted by atomic mass is 16.5. The van der Waals surface area contributed by atoms with Crippen LogP contribution in [0.1, 0.15) is 42.4 Å². The van der Waals surface area contributed by atoms with Gasteiger partial charge in [0.1, 0.15) is 5.75 Å². The number of benzene rings is 2. The summed E-state index contributed by atoms with van der Waals surface area (Å²) in [4.78, 5) is 17.2. The van der Waals surface area contributed by atoms with Crippen LogP contribution in [0.5, 0.6) is 5.75 Å². The molecule has 5 nitrogen and oxygen atoms in total. The van der Waals surface area contributed by atoms with E-state index in [0.717, 1.165) is 43.5 Å². The van der Waals surface area contributed by atoms with Crippen LogP contribution in [0.4, 0.5) is 4.79 Å². The van der Waals surface area contributed by atoms with Crippen molar-refractivity contribution in [3.8, 4) is 5.75 Å². The molecule has 1 heterocycles. The van der Waals surface area contributed by atoms with Crippen molar-refractivity contribution in [2.75, 3.05) is 34.3 Å². The fourth-order valence-corrected chi connectivity index (χ4v) is 4.47. The average Bonchev–Trinajstić information content (AvgIpc) is 2.74. The highest BCUT2D eigenvalue weighted by Gasteiger charge is 2.34. The SMILES string of the molecule is COc1ccc(CN2CCCCC(c3cccc(C)c3)(N(C)C)CCNC2=O)cc1. The van der Waals surface area contributed by atoms with Gasteiger partial charge in [0.25, 0.3) is 0 Å². The lowest BCUT2D eigenvalue weighted by atomic mass is 9.80. The number of ether oxygens (including phenoxy) is 1. The maximum absolute atomic E-state index is 12.9. The van der Waals surface area contributed by atoms with Crippen molar-refractivity contribution < 1.29 is 9.53 Å². The summed E-state index contributed by atoms with van der Waals surface area (Å²) >= 11 is 0. The predicted octanol–water partition coefficient (Wildman–Crippen LogP) is 4.55. The first-order valence-corrected chi connectivity index (χ1v) is 10.8. The average molecular weight is 410 g/mol. The summed E-state index contributed by atoms with van der Waals surface area (Å²) in [5, 5.41) is 3.17. The van der Waals surface area contributed by atoms with Gasteiger partial charge < -0.3 is 15.0 Å². The Kier molecular flexibility index (Phi) is 7.38. The van der Waals surface area contributed by atoms with Gasteiger partial charge in [0, 0.05) is 25.2 Å². The number of methoxy groups -OCH3 is 1. The Labute approximate surface area is 181 Å². The molecule has 1 saturated heterocycles. The second-order valence-corrected chi connectivity index (χ2v) is 8.50. The third kappa shape index (κ3) is 5.14. The van der Waals surface area contributed by atoms with Gasteiger partial charge in [-0.15, -0.1) is 0 Å². The third-order valence-electron chi connectivity index (χ3n) is 6.31. The number of nitrogens with zero attached hydrogens (tertiary/aromatic N) is 2. The summed E-state index contributed by atoms with van der Waals surface area (Å²) in [7, 11) is 5.98. The van der Waals surface area contributed by atoms with E-state index < -0.39 is 0 Å². The number of hydrogen-bond donors (Lipinski definition) is 1. The lowest BCUT2D eigenvalue weighted by Crippen LogP contribution is -2.47. The number of carbonyl (C=O) groups is 1. The summed E-state index contributed by atoms with van der Waals surface area (Å²) in [6, 6.07) is 16.8. The molecule has 0 saturated carbocycles. The summed E-state index contributed by atoms with van der Waals surface area (Å²) in [6.07, 6.45) is 4.05. The zero-order valence-electron chi connectivity index (χ0n) is 18.8.